The zero-order valence-electron chi connectivity index (χ0n) is 18.4. The molecule has 3 aromatic carbocycles. The number of benzene rings is 3. The number of fused-ring (bicyclic) bond motifs is 3. The zero-order chi connectivity index (χ0) is 24.5. The molecule has 2 fully saturated rings. The first kappa shape index (κ1) is 21.7. The number of hydrogen-bond acceptors (Lipinski definition) is 6. The molecule has 3 aliphatic rings. The predicted molar refractivity (Wildman–Crippen MR) is 126 cm³/mol. The number of halogens is 1. The summed E-state index contributed by atoms with van der Waals surface area (Å²) in [7, 11) is 1.51. The van der Waals surface area contributed by atoms with Crippen LogP contribution >= 0.6 is 11.6 Å². The van der Waals surface area contributed by atoms with Crippen molar-refractivity contribution in [1.82, 2.24) is 0 Å². The molecule has 6 rings (SSSR count). The van der Waals surface area contributed by atoms with Crippen LogP contribution in [0.4, 0.5) is 5.69 Å². The highest BCUT2D eigenvalue weighted by Gasteiger charge is 2.74. The lowest BCUT2D eigenvalue weighted by atomic mass is 9.77. The van der Waals surface area contributed by atoms with Crippen LogP contribution in [0.5, 0.6) is 5.75 Å². The van der Waals surface area contributed by atoms with Gasteiger partial charge in [-0.15, -0.1) is 0 Å². The molecule has 0 unspecified atom stereocenters. The third kappa shape index (κ3) is 2.82. The van der Waals surface area contributed by atoms with Crippen LogP contribution in [0.15, 0.2) is 72.8 Å². The van der Waals surface area contributed by atoms with Gasteiger partial charge in [0.2, 0.25) is 29.0 Å². The van der Waals surface area contributed by atoms with Crippen LogP contribution in [0, 0.1) is 11.8 Å². The maximum atomic E-state index is 13.8. The standard InChI is InChI=1S/C27H18ClNO6/c1-34-17-6-4-5-14(13-17)22-20-21(26(33)29(25(20)32)16-11-9-15(28)10-12-16)27(35-22)23(30)18-7-2-3-8-19(18)24(27)31/h2-13,20-22H,1H3/t20-,21+,22+/m1/s1. The van der Waals surface area contributed by atoms with Crippen molar-refractivity contribution in [3.05, 3.63) is 94.5 Å². The van der Waals surface area contributed by atoms with E-state index in [0.717, 1.165) is 4.90 Å². The Bertz CT molecular complexity index is 1400. The number of carbonyl (C=O) groups excluding carboxylic acids is 4. The van der Waals surface area contributed by atoms with Gasteiger partial charge < -0.3 is 9.47 Å². The highest BCUT2D eigenvalue weighted by atomic mass is 35.5. The monoisotopic (exact) mass is 487 g/mol. The number of methoxy groups -OCH3 is 1. The van der Waals surface area contributed by atoms with Gasteiger partial charge in [-0.05, 0) is 42.0 Å². The number of rotatable bonds is 3. The molecule has 1 aliphatic carbocycles. The molecule has 2 heterocycles. The summed E-state index contributed by atoms with van der Waals surface area (Å²) in [5, 5.41) is 0.443. The summed E-state index contributed by atoms with van der Waals surface area (Å²) in [6, 6.07) is 19.5. The average Bonchev–Trinajstić information content (AvgIpc) is 3.45. The van der Waals surface area contributed by atoms with Gasteiger partial charge >= 0.3 is 0 Å². The van der Waals surface area contributed by atoms with E-state index >= 15 is 0 Å². The summed E-state index contributed by atoms with van der Waals surface area (Å²) >= 11 is 6.00. The molecular weight excluding hydrogens is 470 g/mol. The molecule has 0 N–H and O–H groups in total. The normalized spacial score (nSPS) is 24.3. The van der Waals surface area contributed by atoms with Crippen molar-refractivity contribution in [3.63, 3.8) is 0 Å². The first-order valence-corrected chi connectivity index (χ1v) is 11.4. The molecule has 3 atom stereocenters. The Balaban J connectivity index is 1.54. The topological polar surface area (TPSA) is 90.0 Å². The lowest BCUT2D eigenvalue weighted by molar-refractivity contribution is -0.127. The third-order valence-corrected chi connectivity index (χ3v) is 7.28. The van der Waals surface area contributed by atoms with Gasteiger partial charge in [0.05, 0.1) is 30.7 Å². The molecule has 2 aliphatic heterocycles. The number of imide groups is 1. The second-order valence-electron chi connectivity index (χ2n) is 8.75. The minimum absolute atomic E-state index is 0.188. The molecule has 0 saturated carbocycles. The Hall–Kier alpha value is -3.81. The van der Waals surface area contributed by atoms with E-state index in [0.29, 0.717) is 22.0 Å². The Morgan fingerprint density at radius 1 is 0.857 bits per heavy atom. The van der Waals surface area contributed by atoms with E-state index < -0.39 is 46.9 Å². The van der Waals surface area contributed by atoms with Crippen molar-refractivity contribution in [2.45, 2.75) is 11.7 Å². The SMILES string of the molecule is COc1cccc([C@@H]2OC3(C(=O)c4ccccc4C3=O)[C@@H]3C(=O)N(c4ccc(Cl)cc4)C(=O)[C@H]32)c1. The maximum Gasteiger partial charge on any atom is 0.241 e. The largest absolute Gasteiger partial charge is 0.497 e. The van der Waals surface area contributed by atoms with Gasteiger partial charge in [0.15, 0.2) is 0 Å². The number of amides is 2. The van der Waals surface area contributed by atoms with Crippen molar-refractivity contribution in [2.24, 2.45) is 11.8 Å². The summed E-state index contributed by atoms with van der Waals surface area (Å²) < 4.78 is 11.6. The summed E-state index contributed by atoms with van der Waals surface area (Å²) in [5.74, 6) is -4.26. The smallest absolute Gasteiger partial charge is 0.241 e. The molecule has 0 bridgehead atoms. The van der Waals surface area contributed by atoms with Gasteiger partial charge in [-0.2, -0.15) is 0 Å². The molecule has 174 valence electrons. The first-order chi connectivity index (χ1) is 16.9. The van der Waals surface area contributed by atoms with Gasteiger partial charge in [0.25, 0.3) is 0 Å². The molecule has 2 amide bonds. The number of carbonyl (C=O) groups is 4. The number of ether oxygens (including phenoxy) is 2. The second-order valence-corrected chi connectivity index (χ2v) is 9.18. The molecule has 1 spiro atoms. The number of anilines is 1. The van der Waals surface area contributed by atoms with Crippen LogP contribution in [-0.4, -0.2) is 36.1 Å². The Labute approximate surface area is 205 Å². The van der Waals surface area contributed by atoms with Crippen molar-refractivity contribution in [1.29, 1.82) is 0 Å². The summed E-state index contributed by atoms with van der Waals surface area (Å²) in [5.41, 5.74) is -0.892. The highest BCUT2D eigenvalue weighted by Crippen LogP contribution is 2.57. The van der Waals surface area contributed by atoms with Crippen LogP contribution in [0.2, 0.25) is 5.02 Å². The van der Waals surface area contributed by atoms with E-state index in [9.17, 15) is 19.2 Å². The van der Waals surface area contributed by atoms with Crippen molar-refractivity contribution in [2.75, 3.05) is 12.0 Å². The van der Waals surface area contributed by atoms with Gasteiger partial charge in [-0.3, -0.25) is 19.2 Å². The number of Topliss-reactive ketones (excluding diaryl/α,β-unsaturated/α-hetero) is 2. The van der Waals surface area contributed by atoms with Gasteiger partial charge in [-0.1, -0.05) is 48.0 Å². The molecule has 8 heteroatoms. The number of nitrogens with zero attached hydrogens (tertiary/aromatic N) is 1. The van der Waals surface area contributed by atoms with Crippen molar-refractivity contribution >= 4 is 40.7 Å². The minimum atomic E-state index is -2.12. The predicted octanol–water partition coefficient (Wildman–Crippen LogP) is 4.04. The van der Waals surface area contributed by atoms with Crippen LogP contribution in [0.3, 0.4) is 0 Å². The van der Waals surface area contributed by atoms with E-state index in [1.165, 1.54) is 7.11 Å². The van der Waals surface area contributed by atoms with Crippen LogP contribution in [0.1, 0.15) is 32.4 Å². The van der Waals surface area contributed by atoms with Gasteiger partial charge in [0, 0.05) is 16.1 Å². The minimum Gasteiger partial charge on any atom is -0.497 e. The highest BCUT2D eigenvalue weighted by molar-refractivity contribution is 6.37. The van der Waals surface area contributed by atoms with E-state index in [1.54, 1.807) is 72.8 Å². The quantitative estimate of drug-likeness (QED) is 0.409. The number of hydrogen-bond donors (Lipinski definition) is 0. The molecule has 0 aromatic heterocycles. The van der Waals surface area contributed by atoms with Gasteiger partial charge in [-0.25, -0.2) is 4.90 Å². The fourth-order valence-electron chi connectivity index (χ4n) is 5.48. The van der Waals surface area contributed by atoms with E-state index in [2.05, 4.69) is 0 Å². The van der Waals surface area contributed by atoms with Gasteiger partial charge in [0.1, 0.15) is 5.75 Å². The second kappa shape index (κ2) is 7.60. The van der Waals surface area contributed by atoms with Crippen molar-refractivity contribution in [3.8, 4) is 5.75 Å². The Kier molecular flexibility index (Phi) is 4.71. The maximum absolute atomic E-state index is 13.8. The Morgan fingerprint density at radius 2 is 1.51 bits per heavy atom. The summed E-state index contributed by atoms with van der Waals surface area (Å²) in [6.07, 6.45) is -1.01. The lowest BCUT2D eigenvalue weighted by Crippen LogP contribution is -2.51. The Morgan fingerprint density at radius 3 is 2.14 bits per heavy atom. The summed E-state index contributed by atoms with van der Waals surface area (Å²) in [6.45, 7) is 0. The summed E-state index contributed by atoms with van der Waals surface area (Å²) in [4.78, 5) is 56.2. The third-order valence-electron chi connectivity index (χ3n) is 7.03. The zero-order valence-corrected chi connectivity index (χ0v) is 19.2. The van der Waals surface area contributed by atoms with E-state index in [4.69, 9.17) is 21.1 Å². The average molecular weight is 488 g/mol. The fraction of sp³-hybridized carbons (Fsp3) is 0.185. The molecule has 7 nitrogen and oxygen atoms in total. The van der Waals surface area contributed by atoms with E-state index in [1.807, 2.05) is 0 Å². The lowest BCUT2D eigenvalue weighted by Gasteiger charge is -2.27. The van der Waals surface area contributed by atoms with Crippen LogP contribution in [-0.2, 0) is 14.3 Å². The molecule has 0 radical (unpaired) electrons. The van der Waals surface area contributed by atoms with Crippen LogP contribution in [0.25, 0.3) is 0 Å². The van der Waals surface area contributed by atoms with E-state index in [-0.39, 0.29) is 11.1 Å². The molecule has 3 aromatic rings. The molecule has 2 saturated heterocycles. The molecule has 35 heavy (non-hydrogen) atoms. The van der Waals surface area contributed by atoms with Crippen molar-refractivity contribution < 1.29 is 28.7 Å². The molecular formula is C27H18ClNO6. The van der Waals surface area contributed by atoms with Crippen LogP contribution < -0.4 is 9.64 Å². The number of ketones is 2. The first-order valence-electron chi connectivity index (χ1n) is 11.0. The fourth-order valence-corrected chi connectivity index (χ4v) is 5.61.